The lowest BCUT2D eigenvalue weighted by Gasteiger charge is -2.46. The first kappa shape index (κ1) is 11.1. The van der Waals surface area contributed by atoms with E-state index in [0.29, 0.717) is 11.3 Å². The molecule has 2 aliphatic heterocycles. The van der Waals surface area contributed by atoms with E-state index < -0.39 is 11.3 Å². The quantitative estimate of drug-likeness (QED) is 0.601. The molecule has 0 radical (unpaired) electrons. The number of nitrogens with zero attached hydrogens (tertiary/aromatic N) is 1. The monoisotopic (exact) mass is 267 g/mol. The lowest BCUT2D eigenvalue weighted by Crippen LogP contribution is -2.62. The maximum absolute atomic E-state index is 11.4. The molecule has 0 aromatic heterocycles. The largest absolute Gasteiger partial charge is 0.477 e. The van der Waals surface area contributed by atoms with Crippen molar-refractivity contribution >= 4 is 46.8 Å². The molecule has 2 rings (SSSR count). The minimum absolute atomic E-state index is 0.00986. The Hall–Kier alpha value is -0.390. The number of hydrogen-bond donors (Lipinski definition) is 1. The predicted molar refractivity (Wildman–Crippen MR) is 58.1 cm³/mol. The number of thioether (sulfide) groups is 1. The lowest BCUT2D eigenvalue weighted by molar-refractivity contribution is -0.145. The molecule has 0 spiro atoms. The number of carbonyl (C=O) groups is 2. The Balaban J connectivity index is 2.38. The van der Waals surface area contributed by atoms with Crippen LogP contribution in [0.15, 0.2) is 11.3 Å². The number of amides is 1. The van der Waals surface area contributed by atoms with Crippen molar-refractivity contribution in [3.63, 3.8) is 0 Å². The molecule has 2 aliphatic rings. The first-order valence-corrected chi connectivity index (χ1v) is 6.20. The average molecular weight is 268 g/mol. The second-order valence-electron chi connectivity index (χ2n) is 3.20. The van der Waals surface area contributed by atoms with Crippen molar-refractivity contribution in [1.82, 2.24) is 4.90 Å². The molecule has 1 saturated heterocycles. The van der Waals surface area contributed by atoms with E-state index in [1.807, 2.05) is 0 Å². The van der Waals surface area contributed by atoms with E-state index in [-0.39, 0.29) is 22.9 Å². The first-order valence-electron chi connectivity index (χ1n) is 4.18. The van der Waals surface area contributed by atoms with Crippen LogP contribution in [0.1, 0.15) is 0 Å². The van der Waals surface area contributed by atoms with E-state index in [9.17, 15) is 9.59 Å². The van der Waals surface area contributed by atoms with Crippen LogP contribution in [0.2, 0.25) is 0 Å². The number of carboxylic acids is 1. The third-order valence-electron chi connectivity index (χ3n) is 2.35. The fraction of sp³-hybridized carbons (Fsp3) is 0.500. The number of fused-ring (bicyclic) bond motifs is 1. The van der Waals surface area contributed by atoms with Crippen LogP contribution in [0.25, 0.3) is 0 Å². The summed E-state index contributed by atoms with van der Waals surface area (Å²) in [5.41, 5.74) is 0.581. The molecule has 15 heavy (non-hydrogen) atoms. The zero-order chi connectivity index (χ0) is 11.2. The summed E-state index contributed by atoms with van der Waals surface area (Å²) in [6.07, 6.45) is 0. The predicted octanol–water partition coefficient (Wildman–Crippen LogP) is 1.09. The second-order valence-corrected chi connectivity index (χ2v) is 5.04. The fourth-order valence-corrected chi connectivity index (χ4v) is 3.63. The molecule has 0 bridgehead atoms. The minimum atomic E-state index is -1.12. The van der Waals surface area contributed by atoms with Crippen molar-refractivity contribution in [1.29, 1.82) is 0 Å². The van der Waals surface area contributed by atoms with Crippen LogP contribution in [0.3, 0.4) is 0 Å². The molecule has 1 N–H and O–H groups in total. The SMILES string of the molecule is O=C(O)C1=C(CCl)CS[C@@H]2[C@@H](Cl)C(=O)N12. The molecular formula is C8H7Cl2NO3S. The average Bonchev–Trinajstić information content (AvgIpc) is 2.25. The molecule has 7 heteroatoms. The summed E-state index contributed by atoms with van der Waals surface area (Å²) in [4.78, 5) is 23.6. The highest BCUT2D eigenvalue weighted by atomic mass is 35.5. The first-order chi connectivity index (χ1) is 7.07. The highest BCUT2D eigenvalue weighted by molar-refractivity contribution is 8.00. The standard InChI is InChI=1S/C8H7Cl2NO3S/c9-1-3-2-15-7-4(10)6(12)11(7)5(3)8(13)14/h4,7H,1-2H2,(H,13,14)/t4-,7+/m0/s1. The lowest BCUT2D eigenvalue weighted by atomic mass is 10.1. The molecular weight excluding hydrogens is 261 g/mol. The molecule has 1 amide bonds. The highest BCUT2D eigenvalue weighted by Crippen LogP contribution is 2.42. The maximum Gasteiger partial charge on any atom is 0.352 e. The smallest absolute Gasteiger partial charge is 0.352 e. The summed E-state index contributed by atoms with van der Waals surface area (Å²) in [7, 11) is 0. The third kappa shape index (κ3) is 1.53. The Morgan fingerprint density at radius 1 is 1.67 bits per heavy atom. The van der Waals surface area contributed by atoms with E-state index in [0.717, 1.165) is 0 Å². The van der Waals surface area contributed by atoms with E-state index in [1.165, 1.54) is 16.7 Å². The van der Waals surface area contributed by atoms with Gasteiger partial charge in [0.2, 0.25) is 5.91 Å². The van der Waals surface area contributed by atoms with Crippen LogP contribution >= 0.6 is 35.0 Å². The summed E-state index contributed by atoms with van der Waals surface area (Å²) in [6, 6.07) is 0. The van der Waals surface area contributed by atoms with Gasteiger partial charge in [0.25, 0.3) is 0 Å². The summed E-state index contributed by atoms with van der Waals surface area (Å²) in [6.45, 7) is 0. The van der Waals surface area contributed by atoms with Crippen LogP contribution < -0.4 is 0 Å². The van der Waals surface area contributed by atoms with E-state index in [1.54, 1.807) is 0 Å². The Bertz CT molecular complexity index is 371. The summed E-state index contributed by atoms with van der Waals surface area (Å²) < 4.78 is 0. The molecule has 0 aromatic rings. The van der Waals surface area contributed by atoms with Crippen LogP contribution in [0.5, 0.6) is 0 Å². The zero-order valence-electron chi connectivity index (χ0n) is 7.44. The summed E-state index contributed by atoms with van der Waals surface area (Å²) in [5.74, 6) is -0.831. The Morgan fingerprint density at radius 3 is 2.87 bits per heavy atom. The molecule has 2 atom stereocenters. The molecule has 1 fully saturated rings. The van der Waals surface area contributed by atoms with Gasteiger partial charge in [0.05, 0.1) is 0 Å². The van der Waals surface area contributed by atoms with Gasteiger partial charge >= 0.3 is 5.97 Å². The van der Waals surface area contributed by atoms with Crippen molar-refractivity contribution in [3.8, 4) is 0 Å². The van der Waals surface area contributed by atoms with Crippen molar-refractivity contribution in [2.24, 2.45) is 0 Å². The van der Waals surface area contributed by atoms with Gasteiger partial charge in [-0.1, -0.05) is 0 Å². The fourth-order valence-electron chi connectivity index (χ4n) is 1.61. The number of aliphatic carboxylic acids is 1. The second kappa shape index (κ2) is 3.88. The van der Waals surface area contributed by atoms with Crippen LogP contribution in [-0.4, -0.2) is 44.3 Å². The normalized spacial score (nSPS) is 30.0. The van der Waals surface area contributed by atoms with Crippen LogP contribution in [0.4, 0.5) is 0 Å². The highest BCUT2D eigenvalue weighted by Gasteiger charge is 2.52. The molecule has 0 saturated carbocycles. The molecule has 0 unspecified atom stereocenters. The van der Waals surface area contributed by atoms with E-state index >= 15 is 0 Å². The number of carbonyl (C=O) groups excluding carboxylic acids is 1. The third-order valence-corrected chi connectivity index (χ3v) is 4.58. The van der Waals surface area contributed by atoms with Gasteiger partial charge in [0, 0.05) is 11.6 Å². The van der Waals surface area contributed by atoms with Crippen molar-refractivity contribution < 1.29 is 14.7 Å². The van der Waals surface area contributed by atoms with Crippen molar-refractivity contribution in [2.75, 3.05) is 11.6 Å². The molecule has 0 aliphatic carbocycles. The number of halogens is 2. The van der Waals surface area contributed by atoms with Gasteiger partial charge < -0.3 is 5.11 Å². The van der Waals surface area contributed by atoms with Gasteiger partial charge in [0.15, 0.2) is 0 Å². The molecule has 82 valence electrons. The minimum Gasteiger partial charge on any atom is -0.477 e. The Kier molecular flexibility index (Phi) is 2.87. The van der Waals surface area contributed by atoms with Gasteiger partial charge in [-0.3, -0.25) is 9.69 Å². The molecule has 0 aromatic carbocycles. The Labute approximate surface area is 100 Å². The van der Waals surface area contributed by atoms with Crippen LogP contribution in [0, 0.1) is 0 Å². The van der Waals surface area contributed by atoms with Gasteiger partial charge in [-0.05, 0) is 5.57 Å². The molecule has 4 nitrogen and oxygen atoms in total. The Morgan fingerprint density at radius 2 is 2.33 bits per heavy atom. The number of β-lactam (4-membered cyclic amide) rings is 1. The van der Waals surface area contributed by atoms with Gasteiger partial charge in [-0.2, -0.15) is 0 Å². The topological polar surface area (TPSA) is 57.6 Å². The van der Waals surface area contributed by atoms with E-state index in [4.69, 9.17) is 28.3 Å². The van der Waals surface area contributed by atoms with Crippen LogP contribution in [-0.2, 0) is 9.59 Å². The van der Waals surface area contributed by atoms with E-state index in [2.05, 4.69) is 0 Å². The van der Waals surface area contributed by atoms with Gasteiger partial charge in [0.1, 0.15) is 16.4 Å². The maximum atomic E-state index is 11.4. The van der Waals surface area contributed by atoms with Crippen molar-refractivity contribution in [2.45, 2.75) is 10.8 Å². The molecule has 2 heterocycles. The number of carboxylic acid groups (broad SMARTS) is 1. The van der Waals surface area contributed by atoms with Gasteiger partial charge in [-0.15, -0.1) is 35.0 Å². The number of alkyl halides is 2. The van der Waals surface area contributed by atoms with Gasteiger partial charge in [-0.25, -0.2) is 4.79 Å². The number of hydrogen-bond acceptors (Lipinski definition) is 3. The summed E-state index contributed by atoms with van der Waals surface area (Å²) in [5, 5.41) is 8.14. The zero-order valence-corrected chi connectivity index (χ0v) is 9.77. The number of rotatable bonds is 2. The summed E-state index contributed by atoms with van der Waals surface area (Å²) >= 11 is 12.9. The van der Waals surface area contributed by atoms with Crippen molar-refractivity contribution in [3.05, 3.63) is 11.3 Å².